The third-order valence-electron chi connectivity index (χ3n) is 5.15. The van der Waals surface area contributed by atoms with Crippen LogP contribution >= 0.6 is 22.7 Å². The minimum absolute atomic E-state index is 0.131. The van der Waals surface area contributed by atoms with Crippen molar-refractivity contribution in [1.82, 2.24) is 15.2 Å². The Labute approximate surface area is 171 Å². The standard InChI is InChI=1S/C20H21N3O3S2/c1-12-22-16(11-27-12)17-7-6-13(28-17)10-21-18(24)8-9-23-19(25)14-4-2-3-5-15(14)20(23)26/h2-3,6-7,11,14-15H,4-5,8-10H2,1H3,(H,21,24)/t14-,15+. The highest BCUT2D eigenvalue weighted by Crippen LogP contribution is 2.35. The molecule has 0 spiro atoms. The number of aromatic nitrogens is 1. The van der Waals surface area contributed by atoms with E-state index in [9.17, 15) is 14.4 Å². The Kier molecular flexibility index (Phi) is 5.41. The zero-order chi connectivity index (χ0) is 19.7. The van der Waals surface area contributed by atoms with Gasteiger partial charge in [0.25, 0.3) is 0 Å². The van der Waals surface area contributed by atoms with Crippen molar-refractivity contribution in [1.29, 1.82) is 0 Å². The van der Waals surface area contributed by atoms with Crippen molar-refractivity contribution in [3.05, 3.63) is 39.5 Å². The zero-order valence-electron chi connectivity index (χ0n) is 15.5. The normalized spacial score (nSPS) is 21.2. The lowest BCUT2D eigenvalue weighted by atomic mass is 9.85. The topological polar surface area (TPSA) is 79.4 Å². The summed E-state index contributed by atoms with van der Waals surface area (Å²) in [5.41, 5.74) is 0.965. The summed E-state index contributed by atoms with van der Waals surface area (Å²) in [6.07, 6.45) is 5.30. The number of allylic oxidation sites excluding steroid dienone is 2. The molecule has 0 aromatic carbocycles. The van der Waals surface area contributed by atoms with Gasteiger partial charge in [0.05, 0.1) is 34.0 Å². The van der Waals surface area contributed by atoms with Crippen LogP contribution in [0.4, 0.5) is 0 Å². The first-order valence-electron chi connectivity index (χ1n) is 9.31. The Balaban J connectivity index is 1.27. The number of hydrogen-bond acceptors (Lipinski definition) is 6. The van der Waals surface area contributed by atoms with Gasteiger partial charge in [-0.05, 0) is 31.9 Å². The third-order valence-corrected chi connectivity index (χ3v) is 7.04. The van der Waals surface area contributed by atoms with E-state index in [1.807, 2.05) is 36.6 Å². The number of hydrogen-bond donors (Lipinski definition) is 1. The van der Waals surface area contributed by atoms with Crippen LogP contribution in [0.5, 0.6) is 0 Å². The van der Waals surface area contributed by atoms with Crippen molar-refractivity contribution in [3.8, 4) is 10.6 Å². The smallest absolute Gasteiger partial charge is 0.233 e. The van der Waals surface area contributed by atoms with Crippen LogP contribution in [0.3, 0.4) is 0 Å². The molecule has 2 aromatic heterocycles. The fourth-order valence-electron chi connectivity index (χ4n) is 3.66. The quantitative estimate of drug-likeness (QED) is 0.581. The highest BCUT2D eigenvalue weighted by molar-refractivity contribution is 7.16. The Bertz CT molecular complexity index is 920. The number of fused-ring (bicyclic) bond motifs is 1. The molecule has 0 radical (unpaired) electrons. The monoisotopic (exact) mass is 415 g/mol. The van der Waals surface area contributed by atoms with Crippen LogP contribution in [0.1, 0.15) is 29.1 Å². The number of thiophene rings is 1. The predicted molar refractivity (Wildman–Crippen MR) is 109 cm³/mol. The van der Waals surface area contributed by atoms with E-state index in [-0.39, 0.29) is 42.5 Å². The number of rotatable bonds is 6. The maximum absolute atomic E-state index is 12.4. The number of carbonyl (C=O) groups excluding carboxylic acids is 3. The maximum atomic E-state index is 12.4. The molecule has 8 heteroatoms. The first-order valence-corrected chi connectivity index (χ1v) is 11.0. The van der Waals surface area contributed by atoms with E-state index in [0.29, 0.717) is 19.4 Å². The van der Waals surface area contributed by atoms with E-state index in [1.165, 1.54) is 4.90 Å². The third kappa shape index (κ3) is 3.79. The average molecular weight is 416 g/mol. The van der Waals surface area contributed by atoms with Crippen LogP contribution in [0.25, 0.3) is 10.6 Å². The van der Waals surface area contributed by atoms with Gasteiger partial charge in [-0.15, -0.1) is 22.7 Å². The van der Waals surface area contributed by atoms with Crippen molar-refractivity contribution in [2.75, 3.05) is 6.54 Å². The molecule has 3 heterocycles. The first-order chi connectivity index (χ1) is 13.5. The van der Waals surface area contributed by atoms with Crippen molar-refractivity contribution >= 4 is 40.4 Å². The van der Waals surface area contributed by atoms with Crippen LogP contribution in [0.15, 0.2) is 29.7 Å². The number of likely N-dealkylation sites (tertiary alicyclic amines) is 1. The van der Waals surface area contributed by atoms with Gasteiger partial charge in [0.15, 0.2) is 0 Å². The molecule has 0 saturated carbocycles. The summed E-state index contributed by atoms with van der Waals surface area (Å²) in [4.78, 5) is 44.9. The van der Waals surface area contributed by atoms with Crippen LogP contribution in [-0.4, -0.2) is 34.2 Å². The summed E-state index contributed by atoms with van der Waals surface area (Å²) >= 11 is 3.22. The molecule has 2 aliphatic rings. The van der Waals surface area contributed by atoms with Crippen molar-refractivity contribution in [2.24, 2.45) is 11.8 Å². The zero-order valence-corrected chi connectivity index (χ0v) is 17.1. The van der Waals surface area contributed by atoms with Gasteiger partial charge in [0.2, 0.25) is 17.7 Å². The van der Waals surface area contributed by atoms with Crippen LogP contribution in [0.2, 0.25) is 0 Å². The van der Waals surface area contributed by atoms with E-state index in [4.69, 9.17) is 0 Å². The molecule has 1 fully saturated rings. The van der Waals surface area contributed by atoms with Gasteiger partial charge < -0.3 is 5.32 Å². The summed E-state index contributed by atoms with van der Waals surface area (Å²) < 4.78 is 0. The lowest BCUT2D eigenvalue weighted by Crippen LogP contribution is -2.35. The number of aryl methyl sites for hydroxylation is 1. The minimum atomic E-state index is -0.237. The predicted octanol–water partition coefficient (Wildman–Crippen LogP) is 3.14. The molecule has 0 bridgehead atoms. The molecule has 6 nitrogen and oxygen atoms in total. The molecule has 1 N–H and O–H groups in total. The Hall–Kier alpha value is -2.32. The first kappa shape index (κ1) is 19.0. The molecule has 1 aliphatic heterocycles. The van der Waals surface area contributed by atoms with Crippen molar-refractivity contribution in [2.45, 2.75) is 32.7 Å². The average Bonchev–Trinajstić information content (AvgIpc) is 3.39. The van der Waals surface area contributed by atoms with Crippen LogP contribution in [0, 0.1) is 18.8 Å². The SMILES string of the molecule is Cc1nc(-c2ccc(CNC(=O)CCN3C(=O)[C@H]4CC=CC[C@H]4C3=O)s2)cs1. The van der Waals surface area contributed by atoms with Gasteiger partial charge in [-0.25, -0.2) is 4.98 Å². The van der Waals surface area contributed by atoms with Crippen LogP contribution < -0.4 is 5.32 Å². The molecular weight excluding hydrogens is 394 g/mol. The number of thiazole rings is 1. The van der Waals surface area contributed by atoms with Gasteiger partial charge in [0, 0.05) is 23.2 Å². The fraction of sp³-hybridized carbons (Fsp3) is 0.400. The second kappa shape index (κ2) is 7.97. The molecule has 4 rings (SSSR count). The molecule has 0 unspecified atom stereocenters. The number of imide groups is 1. The molecule has 28 heavy (non-hydrogen) atoms. The van der Waals surface area contributed by atoms with E-state index in [1.54, 1.807) is 22.7 Å². The Morgan fingerprint density at radius 1 is 1.21 bits per heavy atom. The molecule has 146 valence electrons. The van der Waals surface area contributed by atoms with Crippen LogP contribution in [-0.2, 0) is 20.9 Å². The molecular formula is C20H21N3O3S2. The largest absolute Gasteiger partial charge is 0.351 e. The van der Waals surface area contributed by atoms with E-state index in [2.05, 4.69) is 10.3 Å². The molecule has 2 atom stereocenters. The minimum Gasteiger partial charge on any atom is -0.351 e. The maximum Gasteiger partial charge on any atom is 0.233 e. The van der Waals surface area contributed by atoms with Gasteiger partial charge in [0.1, 0.15) is 0 Å². The molecule has 1 aliphatic carbocycles. The summed E-state index contributed by atoms with van der Waals surface area (Å²) in [7, 11) is 0. The lowest BCUT2D eigenvalue weighted by Gasteiger charge is -2.14. The number of amides is 3. The van der Waals surface area contributed by atoms with Gasteiger partial charge >= 0.3 is 0 Å². The van der Waals surface area contributed by atoms with Gasteiger partial charge in [-0.1, -0.05) is 12.2 Å². The Morgan fingerprint density at radius 3 is 2.57 bits per heavy atom. The fourth-order valence-corrected chi connectivity index (χ4v) is 5.26. The summed E-state index contributed by atoms with van der Waals surface area (Å²) in [5, 5.41) is 5.93. The van der Waals surface area contributed by atoms with Crippen molar-refractivity contribution in [3.63, 3.8) is 0 Å². The van der Waals surface area contributed by atoms with Gasteiger partial charge in [-0.3, -0.25) is 19.3 Å². The number of nitrogens with zero attached hydrogens (tertiary/aromatic N) is 2. The highest BCUT2D eigenvalue weighted by atomic mass is 32.1. The molecule has 3 amide bonds. The number of nitrogens with one attached hydrogen (secondary N) is 1. The molecule has 2 aromatic rings. The number of carbonyl (C=O) groups is 3. The van der Waals surface area contributed by atoms with E-state index < -0.39 is 0 Å². The highest BCUT2D eigenvalue weighted by Gasteiger charge is 2.46. The Morgan fingerprint density at radius 2 is 1.93 bits per heavy atom. The lowest BCUT2D eigenvalue weighted by molar-refractivity contribution is -0.140. The molecule has 1 saturated heterocycles. The van der Waals surface area contributed by atoms with Crippen molar-refractivity contribution < 1.29 is 14.4 Å². The van der Waals surface area contributed by atoms with Gasteiger partial charge in [-0.2, -0.15) is 0 Å². The summed E-state index contributed by atoms with van der Waals surface area (Å²) in [5.74, 6) is -0.894. The summed E-state index contributed by atoms with van der Waals surface area (Å²) in [6.45, 7) is 2.57. The second-order valence-corrected chi connectivity index (χ2v) is 9.26. The van der Waals surface area contributed by atoms with E-state index in [0.717, 1.165) is 20.5 Å². The van der Waals surface area contributed by atoms with E-state index >= 15 is 0 Å². The second-order valence-electron chi connectivity index (χ2n) is 7.03. The summed E-state index contributed by atoms with van der Waals surface area (Å²) in [6, 6.07) is 4.00.